The van der Waals surface area contributed by atoms with Gasteiger partial charge in [-0.1, -0.05) is 12.1 Å². The number of amides is 3. The lowest BCUT2D eigenvalue weighted by Gasteiger charge is -2.41. The molecule has 1 saturated carbocycles. The zero-order valence-corrected chi connectivity index (χ0v) is 20.1. The second-order valence-corrected chi connectivity index (χ2v) is 9.92. The Morgan fingerprint density at radius 1 is 1.14 bits per heavy atom. The van der Waals surface area contributed by atoms with Crippen LogP contribution in [0, 0.1) is 5.82 Å². The molecule has 186 valence electrons. The molecule has 0 radical (unpaired) electrons. The van der Waals surface area contributed by atoms with Crippen molar-refractivity contribution < 1.29 is 23.5 Å². The standard InChI is InChI=1S/C25H30FN5O4/c1-25(2,3)35-24(34)30-10-11-31(20(14-30)16-6-8-17(26)9-7-16)23(33)22(32)29-18-12-19(15-4-5-15)21(27)28-13-18/h6-9,12-13,15,20H,4-5,10-11,14H2,1-3H3,(H2,27,28)(H,29,32). The number of hydrogen-bond donors (Lipinski definition) is 2. The van der Waals surface area contributed by atoms with Crippen LogP contribution in [0.2, 0.25) is 0 Å². The second kappa shape index (κ2) is 9.52. The number of ether oxygens (including phenoxy) is 1. The molecule has 1 unspecified atom stereocenters. The molecule has 1 saturated heterocycles. The van der Waals surface area contributed by atoms with Crippen LogP contribution in [0.25, 0.3) is 0 Å². The number of pyridine rings is 1. The molecule has 4 rings (SSSR count). The van der Waals surface area contributed by atoms with Crippen molar-refractivity contribution in [3.05, 3.63) is 53.5 Å². The van der Waals surface area contributed by atoms with Crippen LogP contribution in [0.3, 0.4) is 0 Å². The van der Waals surface area contributed by atoms with Crippen molar-refractivity contribution in [2.24, 2.45) is 0 Å². The van der Waals surface area contributed by atoms with Gasteiger partial charge in [0, 0.05) is 19.6 Å². The molecule has 1 atom stereocenters. The lowest BCUT2D eigenvalue weighted by molar-refractivity contribution is -0.146. The molecular weight excluding hydrogens is 453 g/mol. The molecule has 2 aliphatic rings. The number of hydrogen-bond acceptors (Lipinski definition) is 6. The van der Waals surface area contributed by atoms with Gasteiger partial charge in [-0.15, -0.1) is 0 Å². The summed E-state index contributed by atoms with van der Waals surface area (Å²) in [5.41, 5.74) is 7.12. The lowest BCUT2D eigenvalue weighted by Crippen LogP contribution is -2.55. The number of carbonyl (C=O) groups is 3. The highest BCUT2D eigenvalue weighted by atomic mass is 19.1. The Kier molecular flexibility index (Phi) is 6.64. The van der Waals surface area contributed by atoms with E-state index < -0.39 is 35.4 Å². The fourth-order valence-corrected chi connectivity index (χ4v) is 4.09. The molecule has 10 heteroatoms. The Bertz CT molecular complexity index is 1130. The molecule has 1 aromatic carbocycles. The summed E-state index contributed by atoms with van der Waals surface area (Å²) in [6, 6.07) is 6.75. The molecule has 2 fully saturated rings. The molecule has 35 heavy (non-hydrogen) atoms. The Morgan fingerprint density at radius 3 is 2.46 bits per heavy atom. The van der Waals surface area contributed by atoms with Crippen LogP contribution in [0.1, 0.15) is 56.7 Å². The van der Waals surface area contributed by atoms with Gasteiger partial charge in [0.25, 0.3) is 0 Å². The van der Waals surface area contributed by atoms with E-state index >= 15 is 0 Å². The van der Waals surface area contributed by atoms with Gasteiger partial charge in [0.2, 0.25) is 0 Å². The van der Waals surface area contributed by atoms with Gasteiger partial charge in [-0.3, -0.25) is 9.59 Å². The fourth-order valence-electron chi connectivity index (χ4n) is 4.09. The molecule has 1 aliphatic heterocycles. The van der Waals surface area contributed by atoms with E-state index in [0.717, 1.165) is 18.4 Å². The summed E-state index contributed by atoms with van der Waals surface area (Å²) in [4.78, 5) is 45.8. The first-order valence-electron chi connectivity index (χ1n) is 11.6. The monoisotopic (exact) mass is 483 g/mol. The third kappa shape index (κ3) is 5.87. The summed E-state index contributed by atoms with van der Waals surface area (Å²) in [7, 11) is 0. The van der Waals surface area contributed by atoms with Crippen molar-refractivity contribution in [2.75, 3.05) is 30.7 Å². The largest absolute Gasteiger partial charge is 0.444 e. The number of nitrogens with one attached hydrogen (secondary N) is 1. The van der Waals surface area contributed by atoms with Gasteiger partial charge < -0.3 is 25.6 Å². The third-order valence-corrected chi connectivity index (χ3v) is 5.97. The van der Waals surface area contributed by atoms with Crippen molar-refractivity contribution in [3.63, 3.8) is 0 Å². The summed E-state index contributed by atoms with van der Waals surface area (Å²) in [6.07, 6.45) is 2.94. The molecule has 0 spiro atoms. The van der Waals surface area contributed by atoms with Crippen molar-refractivity contribution in [1.29, 1.82) is 0 Å². The Morgan fingerprint density at radius 2 is 1.83 bits per heavy atom. The van der Waals surface area contributed by atoms with Crippen LogP contribution in [-0.4, -0.2) is 57.9 Å². The summed E-state index contributed by atoms with van der Waals surface area (Å²) in [5, 5.41) is 2.62. The molecule has 9 nitrogen and oxygen atoms in total. The number of aromatic nitrogens is 1. The van der Waals surface area contributed by atoms with E-state index in [1.54, 1.807) is 39.0 Å². The average molecular weight is 484 g/mol. The third-order valence-electron chi connectivity index (χ3n) is 5.97. The van der Waals surface area contributed by atoms with Gasteiger partial charge in [-0.25, -0.2) is 14.2 Å². The number of carbonyl (C=O) groups excluding carboxylic acids is 3. The molecule has 3 N–H and O–H groups in total. The van der Waals surface area contributed by atoms with Gasteiger partial charge >= 0.3 is 17.9 Å². The topological polar surface area (TPSA) is 118 Å². The summed E-state index contributed by atoms with van der Waals surface area (Å²) >= 11 is 0. The maximum Gasteiger partial charge on any atom is 0.410 e. The van der Waals surface area contributed by atoms with Crippen LogP contribution in [0.4, 0.5) is 20.7 Å². The van der Waals surface area contributed by atoms with Crippen LogP contribution >= 0.6 is 0 Å². The predicted octanol–water partition coefficient (Wildman–Crippen LogP) is 3.44. The number of halogens is 1. The zero-order valence-electron chi connectivity index (χ0n) is 20.1. The fraction of sp³-hybridized carbons (Fsp3) is 0.440. The van der Waals surface area contributed by atoms with E-state index in [1.807, 2.05) is 0 Å². The summed E-state index contributed by atoms with van der Waals surface area (Å²) in [6.45, 7) is 5.73. The SMILES string of the molecule is CC(C)(C)OC(=O)N1CCN(C(=O)C(=O)Nc2cnc(N)c(C3CC3)c2)C(c2ccc(F)cc2)C1. The first kappa shape index (κ1) is 24.4. The number of benzene rings is 1. The van der Waals surface area contributed by atoms with E-state index in [2.05, 4.69) is 10.3 Å². The van der Waals surface area contributed by atoms with E-state index in [9.17, 15) is 18.8 Å². The minimum Gasteiger partial charge on any atom is -0.444 e. The van der Waals surface area contributed by atoms with Crippen molar-refractivity contribution in [3.8, 4) is 0 Å². The van der Waals surface area contributed by atoms with Crippen LogP contribution in [0.5, 0.6) is 0 Å². The number of anilines is 2. The van der Waals surface area contributed by atoms with Gasteiger partial charge in [-0.05, 0) is 68.9 Å². The highest BCUT2D eigenvalue weighted by molar-refractivity contribution is 6.39. The van der Waals surface area contributed by atoms with Crippen molar-refractivity contribution in [2.45, 2.75) is 51.2 Å². The number of piperazine rings is 1. The Labute approximate surface area is 203 Å². The van der Waals surface area contributed by atoms with Crippen LogP contribution in [-0.2, 0) is 14.3 Å². The second-order valence-electron chi connectivity index (χ2n) is 9.92. The smallest absolute Gasteiger partial charge is 0.410 e. The lowest BCUT2D eigenvalue weighted by atomic mass is 10.0. The van der Waals surface area contributed by atoms with Crippen molar-refractivity contribution >= 4 is 29.4 Å². The number of nitrogens with zero attached hydrogens (tertiary/aromatic N) is 3. The molecule has 1 aromatic heterocycles. The van der Waals surface area contributed by atoms with E-state index in [0.29, 0.717) is 23.0 Å². The minimum atomic E-state index is -0.823. The predicted molar refractivity (Wildman–Crippen MR) is 128 cm³/mol. The van der Waals surface area contributed by atoms with Crippen LogP contribution in [0.15, 0.2) is 36.5 Å². The number of rotatable bonds is 3. The quantitative estimate of drug-likeness (QED) is 0.646. The molecule has 0 bridgehead atoms. The average Bonchev–Trinajstić information content (AvgIpc) is 3.64. The summed E-state index contributed by atoms with van der Waals surface area (Å²) in [5.74, 6) is -1.25. The molecule has 1 aliphatic carbocycles. The normalized spacial score (nSPS) is 18.2. The number of nitrogens with two attached hydrogens (primary N) is 1. The first-order valence-corrected chi connectivity index (χ1v) is 11.6. The molecule has 2 heterocycles. The zero-order chi connectivity index (χ0) is 25.3. The number of nitrogen functional groups attached to an aromatic ring is 1. The maximum absolute atomic E-state index is 13.5. The molecule has 2 aromatic rings. The molecular formula is C25H30FN5O4. The Balaban J connectivity index is 1.52. The highest BCUT2D eigenvalue weighted by Gasteiger charge is 2.37. The summed E-state index contributed by atoms with van der Waals surface area (Å²) < 4.78 is 19.0. The van der Waals surface area contributed by atoms with Gasteiger partial charge in [-0.2, -0.15) is 0 Å². The molecule has 3 amide bonds. The van der Waals surface area contributed by atoms with Gasteiger partial charge in [0.05, 0.1) is 17.9 Å². The van der Waals surface area contributed by atoms with E-state index in [4.69, 9.17) is 10.5 Å². The van der Waals surface area contributed by atoms with Gasteiger partial charge in [0.1, 0.15) is 17.2 Å². The Hall–Kier alpha value is -3.69. The van der Waals surface area contributed by atoms with Crippen molar-refractivity contribution in [1.82, 2.24) is 14.8 Å². The van der Waals surface area contributed by atoms with E-state index in [1.165, 1.54) is 28.1 Å². The van der Waals surface area contributed by atoms with E-state index in [-0.39, 0.29) is 19.6 Å². The minimum absolute atomic E-state index is 0.106. The van der Waals surface area contributed by atoms with Crippen LogP contribution < -0.4 is 11.1 Å². The van der Waals surface area contributed by atoms with Gasteiger partial charge in [0.15, 0.2) is 0 Å². The maximum atomic E-state index is 13.5. The highest BCUT2D eigenvalue weighted by Crippen LogP contribution is 2.42. The first-order chi connectivity index (χ1) is 16.5.